The number of hydrogen-bond acceptors (Lipinski definition) is 3. The van der Waals surface area contributed by atoms with E-state index in [1.807, 2.05) is 25.1 Å². The number of thiocarbonyl (C=S) groups is 1. The van der Waals surface area contributed by atoms with E-state index in [1.165, 1.54) is 11.8 Å². The van der Waals surface area contributed by atoms with Gasteiger partial charge in [0.1, 0.15) is 0 Å². The first kappa shape index (κ1) is 14.4. The van der Waals surface area contributed by atoms with Crippen molar-refractivity contribution < 1.29 is 4.79 Å². The summed E-state index contributed by atoms with van der Waals surface area (Å²) in [4.78, 5) is 11.1. The molecule has 6 heteroatoms. The van der Waals surface area contributed by atoms with Gasteiger partial charge in [-0.3, -0.25) is 4.79 Å². The summed E-state index contributed by atoms with van der Waals surface area (Å²) in [6, 6.07) is 5.69. The van der Waals surface area contributed by atoms with Crippen LogP contribution in [0.1, 0.15) is 12.5 Å². The topological polar surface area (TPSA) is 41.1 Å². The SMILES string of the molecule is CCc1cc(NC(=S)NC2=CC(=O)SC2)ccc1Cl. The third-order valence-corrected chi connectivity index (χ3v) is 4.05. The van der Waals surface area contributed by atoms with Gasteiger partial charge in [-0.1, -0.05) is 30.3 Å². The molecule has 1 aromatic carbocycles. The Hall–Kier alpha value is -1.04. The molecule has 0 amide bonds. The maximum Gasteiger partial charge on any atom is 0.214 e. The maximum absolute atomic E-state index is 11.1. The molecule has 3 nitrogen and oxygen atoms in total. The summed E-state index contributed by atoms with van der Waals surface area (Å²) < 4.78 is 0. The molecule has 100 valence electrons. The minimum atomic E-state index is 0.0602. The third-order valence-electron chi connectivity index (χ3n) is 2.62. The van der Waals surface area contributed by atoms with E-state index in [0.29, 0.717) is 10.9 Å². The molecule has 0 atom stereocenters. The van der Waals surface area contributed by atoms with Gasteiger partial charge in [-0.05, 0) is 42.4 Å². The van der Waals surface area contributed by atoms with E-state index in [2.05, 4.69) is 10.6 Å². The minimum Gasteiger partial charge on any atom is -0.335 e. The Morgan fingerprint density at radius 1 is 1.47 bits per heavy atom. The summed E-state index contributed by atoms with van der Waals surface area (Å²) in [5, 5.41) is 7.40. The fraction of sp³-hybridized carbons (Fsp3) is 0.231. The molecular formula is C13H13ClN2OS2. The largest absolute Gasteiger partial charge is 0.335 e. The molecule has 1 aliphatic heterocycles. The molecule has 0 saturated heterocycles. The zero-order valence-electron chi connectivity index (χ0n) is 10.3. The first-order valence-electron chi connectivity index (χ1n) is 5.82. The summed E-state index contributed by atoms with van der Waals surface area (Å²) >= 11 is 12.5. The Kier molecular flexibility index (Phi) is 4.85. The molecule has 0 fully saturated rings. The van der Waals surface area contributed by atoms with Gasteiger partial charge in [0.15, 0.2) is 5.11 Å². The van der Waals surface area contributed by atoms with Crippen molar-refractivity contribution >= 4 is 51.5 Å². The standard InChI is InChI=1S/C13H13ClN2OS2/c1-2-8-5-9(3-4-11(8)14)15-13(18)16-10-6-12(17)19-7-10/h3-6H,2,7H2,1H3,(H2,15,16,18). The second kappa shape index (κ2) is 6.41. The van der Waals surface area contributed by atoms with Crippen LogP contribution in [0.4, 0.5) is 5.69 Å². The lowest BCUT2D eigenvalue weighted by Crippen LogP contribution is -2.28. The average Bonchev–Trinajstić information content (AvgIpc) is 2.77. The molecule has 0 aliphatic carbocycles. The predicted molar refractivity (Wildman–Crippen MR) is 85.7 cm³/mol. The minimum absolute atomic E-state index is 0.0602. The zero-order chi connectivity index (χ0) is 13.8. The number of carbonyl (C=O) groups is 1. The highest BCUT2D eigenvalue weighted by atomic mass is 35.5. The molecule has 2 rings (SSSR count). The highest BCUT2D eigenvalue weighted by Crippen LogP contribution is 2.21. The monoisotopic (exact) mass is 312 g/mol. The van der Waals surface area contributed by atoms with E-state index in [1.54, 1.807) is 6.08 Å². The molecule has 0 saturated carbocycles. The number of aryl methyl sites for hydroxylation is 1. The molecule has 1 heterocycles. The molecule has 2 N–H and O–H groups in total. The van der Waals surface area contributed by atoms with Crippen LogP contribution in [-0.2, 0) is 11.2 Å². The number of carbonyl (C=O) groups excluding carboxylic acids is 1. The van der Waals surface area contributed by atoms with Crippen LogP contribution in [0.5, 0.6) is 0 Å². The van der Waals surface area contributed by atoms with Crippen molar-refractivity contribution in [2.75, 3.05) is 11.1 Å². The Balaban J connectivity index is 1.99. The normalized spacial score (nSPS) is 14.2. The van der Waals surface area contributed by atoms with E-state index < -0.39 is 0 Å². The maximum atomic E-state index is 11.1. The van der Waals surface area contributed by atoms with Gasteiger partial charge in [0.2, 0.25) is 5.12 Å². The number of halogens is 1. The van der Waals surface area contributed by atoms with Gasteiger partial charge in [0.05, 0.1) is 0 Å². The average molecular weight is 313 g/mol. The van der Waals surface area contributed by atoms with Crippen LogP contribution in [0.3, 0.4) is 0 Å². The number of anilines is 1. The fourth-order valence-electron chi connectivity index (χ4n) is 1.68. The second-order valence-corrected chi connectivity index (χ2v) is 5.81. The molecule has 0 bridgehead atoms. The smallest absolute Gasteiger partial charge is 0.214 e. The molecule has 19 heavy (non-hydrogen) atoms. The number of benzene rings is 1. The van der Waals surface area contributed by atoms with E-state index in [9.17, 15) is 4.79 Å². The van der Waals surface area contributed by atoms with Crippen LogP contribution >= 0.6 is 35.6 Å². The van der Waals surface area contributed by atoms with Crippen LogP contribution < -0.4 is 10.6 Å². The predicted octanol–water partition coefficient (Wildman–Crippen LogP) is 3.35. The number of rotatable bonds is 3. The highest BCUT2D eigenvalue weighted by Gasteiger charge is 2.13. The van der Waals surface area contributed by atoms with Gasteiger partial charge in [0, 0.05) is 28.2 Å². The van der Waals surface area contributed by atoms with Crippen LogP contribution in [0.15, 0.2) is 30.0 Å². The van der Waals surface area contributed by atoms with Crippen LogP contribution in [0.2, 0.25) is 5.02 Å². The van der Waals surface area contributed by atoms with E-state index in [4.69, 9.17) is 23.8 Å². The summed E-state index contributed by atoms with van der Waals surface area (Å²) in [6.07, 6.45) is 2.43. The molecule has 0 unspecified atom stereocenters. The lowest BCUT2D eigenvalue weighted by molar-refractivity contribution is -0.106. The molecular weight excluding hydrogens is 300 g/mol. The summed E-state index contributed by atoms with van der Waals surface area (Å²) in [5.41, 5.74) is 2.79. The summed E-state index contributed by atoms with van der Waals surface area (Å²) in [6.45, 7) is 2.05. The van der Waals surface area contributed by atoms with Gasteiger partial charge in [-0.25, -0.2) is 0 Å². The summed E-state index contributed by atoms with van der Waals surface area (Å²) in [5.74, 6) is 0.640. The van der Waals surface area contributed by atoms with Crippen molar-refractivity contribution in [1.82, 2.24) is 5.32 Å². The second-order valence-electron chi connectivity index (χ2n) is 4.02. The first-order chi connectivity index (χ1) is 9.08. The van der Waals surface area contributed by atoms with Gasteiger partial charge < -0.3 is 10.6 Å². The Morgan fingerprint density at radius 2 is 2.26 bits per heavy atom. The van der Waals surface area contributed by atoms with Crippen molar-refractivity contribution in [3.63, 3.8) is 0 Å². The Labute approximate surface area is 126 Å². The lowest BCUT2D eigenvalue weighted by Gasteiger charge is -2.12. The van der Waals surface area contributed by atoms with E-state index >= 15 is 0 Å². The fourth-order valence-corrected chi connectivity index (χ4v) is 2.86. The molecule has 0 spiro atoms. The molecule has 1 aromatic rings. The van der Waals surface area contributed by atoms with Crippen molar-refractivity contribution in [2.45, 2.75) is 13.3 Å². The van der Waals surface area contributed by atoms with Gasteiger partial charge >= 0.3 is 0 Å². The number of hydrogen-bond donors (Lipinski definition) is 2. The molecule has 1 aliphatic rings. The van der Waals surface area contributed by atoms with Crippen molar-refractivity contribution in [1.29, 1.82) is 0 Å². The van der Waals surface area contributed by atoms with Crippen molar-refractivity contribution in [3.8, 4) is 0 Å². The highest BCUT2D eigenvalue weighted by molar-refractivity contribution is 8.14. The quantitative estimate of drug-likeness (QED) is 0.838. The van der Waals surface area contributed by atoms with Crippen LogP contribution in [0.25, 0.3) is 0 Å². The van der Waals surface area contributed by atoms with E-state index in [0.717, 1.165) is 28.4 Å². The Bertz CT molecular complexity index is 558. The lowest BCUT2D eigenvalue weighted by atomic mass is 10.1. The number of nitrogens with one attached hydrogen (secondary N) is 2. The number of thioether (sulfide) groups is 1. The van der Waals surface area contributed by atoms with Gasteiger partial charge in [-0.15, -0.1) is 0 Å². The van der Waals surface area contributed by atoms with E-state index in [-0.39, 0.29) is 5.12 Å². The van der Waals surface area contributed by atoms with Crippen LogP contribution in [-0.4, -0.2) is 16.0 Å². The first-order valence-corrected chi connectivity index (χ1v) is 7.59. The molecule has 0 radical (unpaired) electrons. The van der Waals surface area contributed by atoms with Crippen molar-refractivity contribution in [3.05, 3.63) is 40.6 Å². The van der Waals surface area contributed by atoms with Crippen LogP contribution in [0, 0.1) is 0 Å². The van der Waals surface area contributed by atoms with Crippen molar-refractivity contribution in [2.24, 2.45) is 0 Å². The van der Waals surface area contributed by atoms with Gasteiger partial charge in [0.25, 0.3) is 0 Å². The summed E-state index contributed by atoms with van der Waals surface area (Å²) in [7, 11) is 0. The Morgan fingerprint density at radius 3 is 2.89 bits per heavy atom. The zero-order valence-corrected chi connectivity index (χ0v) is 12.7. The third kappa shape index (κ3) is 3.96. The van der Waals surface area contributed by atoms with Gasteiger partial charge in [-0.2, -0.15) is 0 Å². The molecule has 0 aromatic heterocycles.